The van der Waals surface area contributed by atoms with Crippen molar-refractivity contribution in [3.63, 3.8) is 0 Å². The highest BCUT2D eigenvalue weighted by atomic mass is 127. The van der Waals surface area contributed by atoms with E-state index in [1.807, 2.05) is 75.4 Å². The fraction of sp³-hybridized carbons (Fsp3) is 0.391. The van der Waals surface area contributed by atoms with E-state index in [4.69, 9.17) is 4.74 Å². The van der Waals surface area contributed by atoms with Gasteiger partial charge in [-0.3, -0.25) is 9.79 Å². The number of hydrogen-bond acceptors (Lipinski definition) is 3. The molecule has 164 valence electrons. The normalized spacial score (nSPS) is 11.3. The van der Waals surface area contributed by atoms with Gasteiger partial charge in [0.15, 0.2) is 5.96 Å². The SMILES string of the molecule is CN=C(NCCC(=O)NCc1ccccc1)NCc1ccccc1OC(C)(C)C.I. The third kappa shape index (κ3) is 9.96. The third-order valence-corrected chi connectivity index (χ3v) is 4.04. The molecular formula is C23H33IN4O2. The van der Waals surface area contributed by atoms with Crippen LogP contribution in [0.25, 0.3) is 0 Å². The Morgan fingerprint density at radius 2 is 1.60 bits per heavy atom. The molecule has 7 heteroatoms. The maximum absolute atomic E-state index is 12.0. The van der Waals surface area contributed by atoms with Crippen molar-refractivity contribution in [2.75, 3.05) is 13.6 Å². The summed E-state index contributed by atoms with van der Waals surface area (Å²) in [4.78, 5) is 16.2. The fourth-order valence-electron chi connectivity index (χ4n) is 2.66. The Morgan fingerprint density at radius 1 is 0.933 bits per heavy atom. The summed E-state index contributed by atoms with van der Waals surface area (Å²) in [6.07, 6.45) is 0.372. The van der Waals surface area contributed by atoms with Crippen molar-refractivity contribution in [3.05, 3.63) is 65.7 Å². The van der Waals surface area contributed by atoms with Gasteiger partial charge in [-0.05, 0) is 32.4 Å². The van der Waals surface area contributed by atoms with E-state index in [1.54, 1.807) is 7.05 Å². The van der Waals surface area contributed by atoms with Crippen LogP contribution in [0.1, 0.15) is 38.3 Å². The second-order valence-corrected chi connectivity index (χ2v) is 7.69. The number of hydrogen-bond donors (Lipinski definition) is 3. The molecule has 0 atom stereocenters. The van der Waals surface area contributed by atoms with E-state index in [0.717, 1.165) is 16.9 Å². The van der Waals surface area contributed by atoms with Crippen LogP contribution in [0.15, 0.2) is 59.6 Å². The van der Waals surface area contributed by atoms with Crippen LogP contribution >= 0.6 is 24.0 Å². The van der Waals surface area contributed by atoms with Gasteiger partial charge in [-0.2, -0.15) is 0 Å². The van der Waals surface area contributed by atoms with Gasteiger partial charge in [0.25, 0.3) is 0 Å². The first kappa shape index (κ1) is 25.7. The molecule has 0 heterocycles. The molecule has 0 aromatic heterocycles. The van der Waals surface area contributed by atoms with E-state index in [1.165, 1.54) is 0 Å². The van der Waals surface area contributed by atoms with Crippen LogP contribution in [0.3, 0.4) is 0 Å². The molecule has 0 fully saturated rings. The van der Waals surface area contributed by atoms with Crippen molar-refractivity contribution < 1.29 is 9.53 Å². The van der Waals surface area contributed by atoms with Crippen molar-refractivity contribution in [3.8, 4) is 5.75 Å². The van der Waals surface area contributed by atoms with Gasteiger partial charge in [0.05, 0.1) is 0 Å². The highest BCUT2D eigenvalue weighted by molar-refractivity contribution is 14.0. The summed E-state index contributed by atoms with van der Waals surface area (Å²) in [5, 5.41) is 9.37. The summed E-state index contributed by atoms with van der Waals surface area (Å²) in [5.41, 5.74) is 1.87. The van der Waals surface area contributed by atoms with Crippen molar-refractivity contribution in [1.29, 1.82) is 0 Å². The Labute approximate surface area is 196 Å². The van der Waals surface area contributed by atoms with E-state index in [-0.39, 0.29) is 35.5 Å². The molecule has 0 aliphatic carbocycles. The van der Waals surface area contributed by atoms with Crippen LogP contribution in [-0.2, 0) is 17.9 Å². The van der Waals surface area contributed by atoms with E-state index in [9.17, 15) is 4.79 Å². The van der Waals surface area contributed by atoms with E-state index < -0.39 is 0 Å². The lowest BCUT2D eigenvalue weighted by molar-refractivity contribution is -0.121. The number of guanidine groups is 1. The number of benzene rings is 2. The molecule has 2 aromatic rings. The largest absolute Gasteiger partial charge is 0.488 e. The van der Waals surface area contributed by atoms with Crippen LogP contribution in [-0.4, -0.2) is 31.1 Å². The predicted octanol–water partition coefficient (Wildman–Crippen LogP) is 3.85. The van der Waals surface area contributed by atoms with Gasteiger partial charge in [0.1, 0.15) is 11.4 Å². The van der Waals surface area contributed by atoms with Gasteiger partial charge in [-0.25, -0.2) is 0 Å². The van der Waals surface area contributed by atoms with Crippen LogP contribution in [0.4, 0.5) is 0 Å². The van der Waals surface area contributed by atoms with Gasteiger partial charge >= 0.3 is 0 Å². The van der Waals surface area contributed by atoms with Crippen LogP contribution in [0.2, 0.25) is 0 Å². The van der Waals surface area contributed by atoms with E-state index >= 15 is 0 Å². The molecule has 1 amide bonds. The maximum Gasteiger partial charge on any atom is 0.222 e. The Morgan fingerprint density at radius 3 is 2.27 bits per heavy atom. The van der Waals surface area contributed by atoms with E-state index in [0.29, 0.717) is 32.0 Å². The van der Waals surface area contributed by atoms with Crippen LogP contribution < -0.4 is 20.7 Å². The zero-order valence-corrected chi connectivity index (χ0v) is 20.5. The Hall–Kier alpha value is -2.29. The van der Waals surface area contributed by atoms with Gasteiger partial charge in [0, 0.05) is 38.7 Å². The second kappa shape index (κ2) is 13.1. The molecule has 30 heavy (non-hydrogen) atoms. The Balaban J connectivity index is 0.00000450. The Kier molecular flexibility index (Phi) is 11.2. The highest BCUT2D eigenvalue weighted by Crippen LogP contribution is 2.22. The molecule has 0 spiro atoms. The van der Waals surface area contributed by atoms with Crippen molar-refractivity contribution in [1.82, 2.24) is 16.0 Å². The molecule has 2 rings (SSSR count). The first-order chi connectivity index (χ1) is 13.9. The minimum absolute atomic E-state index is 0. The number of carbonyl (C=O) groups excluding carboxylic acids is 1. The number of para-hydroxylation sites is 1. The van der Waals surface area contributed by atoms with Crippen LogP contribution in [0, 0.1) is 0 Å². The minimum atomic E-state index is -0.261. The molecule has 0 saturated carbocycles. The molecule has 2 aromatic carbocycles. The van der Waals surface area contributed by atoms with Crippen molar-refractivity contribution >= 4 is 35.8 Å². The topological polar surface area (TPSA) is 74.8 Å². The summed E-state index contributed by atoms with van der Waals surface area (Å²) in [6.45, 7) is 7.70. The summed E-state index contributed by atoms with van der Waals surface area (Å²) >= 11 is 0. The monoisotopic (exact) mass is 524 g/mol. The molecule has 0 aliphatic rings. The molecule has 0 bridgehead atoms. The lowest BCUT2D eigenvalue weighted by Crippen LogP contribution is -2.39. The third-order valence-electron chi connectivity index (χ3n) is 4.04. The van der Waals surface area contributed by atoms with Gasteiger partial charge in [-0.1, -0.05) is 48.5 Å². The molecular weight excluding hydrogens is 491 g/mol. The lowest BCUT2D eigenvalue weighted by atomic mass is 10.1. The number of nitrogens with one attached hydrogen (secondary N) is 3. The summed E-state index contributed by atoms with van der Waals surface area (Å²) in [6, 6.07) is 17.8. The molecule has 0 aliphatic heterocycles. The van der Waals surface area contributed by atoms with Crippen molar-refractivity contribution in [2.45, 2.75) is 45.9 Å². The molecule has 0 saturated heterocycles. The second-order valence-electron chi connectivity index (χ2n) is 7.69. The number of carbonyl (C=O) groups is 1. The smallest absolute Gasteiger partial charge is 0.222 e. The molecule has 0 radical (unpaired) electrons. The average molecular weight is 524 g/mol. The number of rotatable bonds is 8. The number of aliphatic imine (C=N–C) groups is 1. The molecule has 0 unspecified atom stereocenters. The summed E-state index contributed by atoms with van der Waals surface area (Å²) in [5.74, 6) is 1.50. The zero-order chi connectivity index (χ0) is 21.1. The maximum atomic E-state index is 12.0. The summed E-state index contributed by atoms with van der Waals surface area (Å²) < 4.78 is 6.02. The quantitative estimate of drug-likeness (QED) is 0.279. The predicted molar refractivity (Wildman–Crippen MR) is 133 cm³/mol. The van der Waals surface area contributed by atoms with Gasteiger partial charge in [-0.15, -0.1) is 24.0 Å². The zero-order valence-electron chi connectivity index (χ0n) is 18.2. The lowest BCUT2D eigenvalue weighted by Gasteiger charge is -2.23. The summed E-state index contributed by atoms with van der Waals surface area (Å²) in [7, 11) is 1.71. The first-order valence-corrected chi connectivity index (χ1v) is 9.89. The number of nitrogens with zero attached hydrogens (tertiary/aromatic N) is 1. The average Bonchev–Trinajstić information content (AvgIpc) is 2.69. The standard InChI is InChI=1S/C23H32N4O2.HI/c1-23(2,3)29-20-13-9-8-12-19(20)17-27-22(24-4)25-15-14-21(28)26-16-18-10-6-5-7-11-18;/h5-13H,14-17H2,1-4H3,(H,26,28)(H2,24,25,27);1H. The molecule has 6 nitrogen and oxygen atoms in total. The van der Waals surface area contributed by atoms with Gasteiger partial charge < -0.3 is 20.7 Å². The van der Waals surface area contributed by atoms with Crippen LogP contribution in [0.5, 0.6) is 5.75 Å². The molecule has 3 N–H and O–H groups in total. The highest BCUT2D eigenvalue weighted by Gasteiger charge is 2.14. The number of halogens is 1. The number of ether oxygens (including phenoxy) is 1. The first-order valence-electron chi connectivity index (χ1n) is 9.89. The minimum Gasteiger partial charge on any atom is -0.488 e. The Bertz CT molecular complexity index is 804. The van der Waals surface area contributed by atoms with Crippen molar-refractivity contribution in [2.24, 2.45) is 4.99 Å². The number of amides is 1. The van der Waals surface area contributed by atoms with Gasteiger partial charge in [0.2, 0.25) is 5.91 Å². The van der Waals surface area contributed by atoms with E-state index in [2.05, 4.69) is 20.9 Å². The fourth-order valence-corrected chi connectivity index (χ4v) is 2.66.